The van der Waals surface area contributed by atoms with Gasteiger partial charge in [-0.3, -0.25) is 0 Å². The molecular formula is C15H19ClN4O2. The Hall–Kier alpha value is -1.53. The highest BCUT2D eigenvalue weighted by molar-refractivity contribution is 6.28. The molecule has 2 aromatic heterocycles. The van der Waals surface area contributed by atoms with Crippen molar-refractivity contribution in [3.05, 3.63) is 17.0 Å². The van der Waals surface area contributed by atoms with Crippen molar-refractivity contribution in [2.24, 2.45) is 0 Å². The molecule has 2 aliphatic rings. The van der Waals surface area contributed by atoms with Crippen LogP contribution in [0.5, 0.6) is 0 Å². The van der Waals surface area contributed by atoms with Gasteiger partial charge >= 0.3 is 0 Å². The van der Waals surface area contributed by atoms with Crippen LogP contribution in [0.4, 0.5) is 5.82 Å². The molecule has 0 amide bonds. The minimum atomic E-state index is 0.0493. The Morgan fingerprint density at radius 3 is 2.73 bits per heavy atom. The van der Waals surface area contributed by atoms with Gasteiger partial charge in [0.25, 0.3) is 0 Å². The highest BCUT2D eigenvalue weighted by Crippen LogP contribution is 2.37. The zero-order chi connectivity index (χ0) is 15.3. The van der Waals surface area contributed by atoms with Crippen LogP contribution in [0.2, 0.25) is 5.28 Å². The van der Waals surface area contributed by atoms with Gasteiger partial charge in [0.2, 0.25) is 5.28 Å². The molecule has 0 radical (unpaired) electrons. The van der Waals surface area contributed by atoms with Crippen LogP contribution in [-0.4, -0.2) is 47.6 Å². The van der Waals surface area contributed by atoms with E-state index >= 15 is 0 Å². The second-order valence-corrected chi connectivity index (χ2v) is 6.78. The van der Waals surface area contributed by atoms with Crippen molar-refractivity contribution in [3.63, 3.8) is 0 Å². The van der Waals surface area contributed by atoms with Crippen LogP contribution in [0.3, 0.4) is 0 Å². The Balaban J connectivity index is 1.92. The quantitative estimate of drug-likeness (QED) is 0.752. The topological polar surface area (TPSA) is 52.4 Å². The van der Waals surface area contributed by atoms with Gasteiger partial charge in [-0.15, -0.1) is 0 Å². The van der Waals surface area contributed by atoms with Gasteiger partial charge in [0.05, 0.1) is 24.3 Å². The average molecular weight is 323 g/mol. The summed E-state index contributed by atoms with van der Waals surface area (Å²) in [7, 11) is 0. The van der Waals surface area contributed by atoms with Gasteiger partial charge in [-0.1, -0.05) is 13.8 Å². The zero-order valence-corrected chi connectivity index (χ0v) is 13.6. The number of aromatic nitrogens is 3. The molecule has 1 saturated heterocycles. The Labute approximate surface area is 133 Å². The molecule has 0 bridgehead atoms. The summed E-state index contributed by atoms with van der Waals surface area (Å²) in [4.78, 5) is 16.9. The van der Waals surface area contributed by atoms with E-state index in [1.54, 1.807) is 0 Å². The van der Waals surface area contributed by atoms with E-state index in [2.05, 4.69) is 34.8 Å². The van der Waals surface area contributed by atoms with Crippen molar-refractivity contribution < 1.29 is 9.57 Å². The number of rotatable bonds is 1. The first-order valence-corrected chi connectivity index (χ1v) is 7.99. The van der Waals surface area contributed by atoms with Gasteiger partial charge in [-0.25, -0.2) is 0 Å². The van der Waals surface area contributed by atoms with Crippen LogP contribution in [0.25, 0.3) is 11.0 Å². The van der Waals surface area contributed by atoms with E-state index in [-0.39, 0.29) is 10.7 Å². The number of fused-ring (bicyclic) bond motifs is 3. The fraction of sp³-hybridized carbons (Fsp3) is 0.600. The third kappa shape index (κ3) is 2.13. The van der Waals surface area contributed by atoms with E-state index in [0.717, 1.165) is 42.1 Å². The molecule has 1 fully saturated rings. The predicted molar refractivity (Wildman–Crippen MR) is 84.7 cm³/mol. The van der Waals surface area contributed by atoms with Crippen molar-refractivity contribution in [1.29, 1.82) is 0 Å². The lowest BCUT2D eigenvalue weighted by Gasteiger charge is -2.31. The van der Waals surface area contributed by atoms with Gasteiger partial charge < -0.3 is 14.5 Å². The summed E-state index contributed by atoms with van der Waals surface area (Å²) < 4.78 is 7.26. The van der Waals surface area contributed by atoms with Gasteiger partial charge in [0.1, 0.15) is 12.4 Å². The first kappa shape index (κ1) is 14.1. The first-order valence-electron chi connectivity index (χ1n) is 7.62. The third-order valence-electron chi connectivity index (χ3n) is 4.52. The van der Waals surface area contributed by atoms with Gasteiger partial charge in [-0.2, -0.15) is 14.7 Å². The van der Waals surface area contributed by atoms with Crippen LogP contribution in [0.1, 0.15) is 26.0 Å². The first-order chi connectivity index (χ1) is 10.6. The maximum Gasteiger partial charge on any atom is 0.226 e. The summed E-state index contributed by atoms with van der Waals surface area (Å²) in [6, 6.07) is 2.15. The van der Waals surface area contributed by atoms with E-state index < -0.39 is 0 Å². The number of hydrogen-bond acceptors (Lipinski definition) is 5. The number of anilines is 1. The number of hydrogen-bond donors (Lipinski definition) is 0. The number of morpholine rings is 1. The van der Waals surface area contributed by atoms with E-state index in [1.807, 2.05) is 4.73 Å². The summed E-state index contributed by atoms with van der Waals surface area (Å²) >= 11 is 6.16. The molecule has 0 spiro atoms. The lowest BCUT2D eigenvalue weighted by atomic mass is 9.85. The highest BCUT2D eigenvalue weighted by Gasteiger charge is 2.33. The van der Waals surface area contributed by atoms with E-state index in [9.17, 15) is 0 Å². The summed E-state index contributed by atoms with van der Waals surface area (Å²) in [6.07, 6.45) is 0.984. The molecule has 2 aromatic rings. The summed E-state index contributed by atoms with van der Waals surface area (Å²) in [5.74, 6) is 0.875. The SMILES string of the molecule is CC1(C)CCOn2c1cc1c(N3CCOCC3)nc(Cl)nc12. The minimum Gasteiger partial charge on any atom is -0.412 e. The van der Waals surface area contributed by atoms with Gasteiger partial charge in [0.15, 0.2) is 5.65 Å². The lowest BCUT2D eigenvalue weighted by molar-refractivity contribution is 0.0604. The predicted octanol–water partition coefficient (Wildman–Crippen LogP) is 2.03. The average Bonchev–Trinajstić information content (AvgIpc) is 2.87. The third-order valence-corrected chi connectivity index (χ3v) is 4.69. The fourth-order valence-electron chi connectivity index (χ4n) is 3.15. The molecule has 0 aromatic carbocycles. The number of ether oxygens (including phenoxy) is 1. The minimum absolute atomic E-state index is 0.0493. The van der Waals surface area contributed by atoms with Gasteiger partial charge in [0, 0.05) is 18.5 Å². The molecule has 7 heteroatoms. The molecule has 4 heterocycles. The second-order valence-electron chi connectivity index (χ2n) is 6.44. The van der Waals surface area contributed by atoms with Crippen LogP contribution < -0.4 is 9.74 Å². The molecule has 0 aliphatic carbocycles. The Morgan fingerprint density at radius 2 is 1.95 bits per heavy atom. The molecule has 0 saturated carbocycles. The molecule has 0 N–H and O–H groups in total. The van der Waals surface area contributed by atoms with Crippen LogP contribution >= 0.6 is 11.6 Å². The standard InChI is InChI=1S/C15H19ClN4O2/c1-15(2)3-6-22-20-11(15)9-10-12(17-14(16)18-13(10)20)19-4-7-21-8-5-19/h9H,3-8H2,1-2H3. The molecule has 0 atom stereocenters. The van der Waals surface area contributed by atoms with E-state index in [4.69, 9.17) is 21.2 Å². The highest BCUT2D eigenvalue weighted by atomic mass is 35.5. The summed E-state index contributed by atoms with van der Waals surface area (Å²) in [5.41, 5.74) is 1.93. The number of halogens is 1. The molecule has 6 nitrogen and oxygen atoms in total. The van der Waals surface area contributed by atoms with Crippen LogP contribution in [-0.2, 0) is 10.2 Å². The smallest absolute Gasteiger partial charge is 0.226 e. The van der Waals surface area contributed by atoms with Crippen LogP contribution in [0.15, 0.2) is 6.07 Å². The van der Waals surface area contributed by atoms with Crippen molar-refractivity contribution in [2.45, 2.75) is 25.7 Å². The molecule has 118 valence electrons. The van der Waals surface area contributed by atoms with Crippen molar-refractivity contribution >= 4 is 28.5 Å². The second kappa shape index (κ2) is 4.99. The molecule has 22 heavy (non-hydrogen) atoms. The maximum absolute atomic E-state index is 6.16. The largest absolute Gasteiger partial charge is 0.412 e. The van der Waals surface area contributed by atoms with E-state index in [1.165, 1.54) is 0 Å². The van der Waals surface area contributed by atoms with Crippen molar-refractivity contribution in [3.8, 4) is 0 Å². The summed E-state index contributed by atoms with van der Waals surface area (Å²) in [5, 5.41) is 1.25. The monoisotopic (exact) mass is 322 g/mol. The Morgan fingerprint density at radius 1 is 1.18 bits per heavy atom. The Kier molecular flexibility index (Phi) is 3.20. The molecule has 2 aliphatic heterocycles. The van der Waals surface area contributed by atoms with Crippen molar-refractivity contribution in [2.75, 3.05) is 37.8 Å². The van der Waals surface area contributed by atoms with E-state index in [0.29, 0.717) is 19.8 Å². The molecular weight excluding hydrogens is 304 g/mol. The van der Waals surface area contributed by atoms with Crippen molar-refractivity contribution in [1.82, 2.24) is 14.7 Å². The lowest BCUT2D eigenvalue weighted by Crippen LogP contribution is -2.37. The molecule has 4 rings (SSSR count). The normalized spacial score (nSPS) is 20.8. The zero-order valence-electron chi connectivity index (χ0n) is 12.8. The summed E-state index contributed by atoms with van der Waals surface area (Å²) in [6.45, 7) is 8.17. The fourth-order valence-corrected chi connectivity index (χ4v) is 3.31. The number of nitrogens with zero attached hydrogens (tertiary/aromatic N) is 4. The van der Waals surface area contributed by atoms with Crippen LogP contribution in [0, 0.1) is 0 Å². The maximum atomic E-state index is 6.16. The Bertz CT molecular complexity index is 722. The molecule has 0 unspecified atom stereocenters. The van der Waals surface area contributed by atoms with Gasteiger partial charge in [-0.05, 0) is 24.1 Å².